The van der Waals surface area contributed by atoms with Crippen LogP contribution in [0.25, 0.3) is 0 Å². The Morgan fingerprint density at radius 2 is 0.781 bits per heavy atom. The van der Waals surface area contributed by atoms with Gasteiger partial charge in [-0.2, -0.15) is 13.2 Å². The first-order valence-electron chi connectivity index (χ1n) is 23.0. The highest BCUT2D eigenvalue weighted by molar-refractivity contribution is 5.97. The van der Waals surface area contributed by atoms with Gasteiger partial charge in [-0.25, -0.2) is 9.59 Å². The molecule has 0 saturated carbocycles. The van der Waals surface area contributed by atoms with Crippen LogP contribution in [0, 0.1) is 0 Å². The molecule has 0 saturated heterocycles. The van der Waals surface area contributed by atoms with E-state index in [0.29, 0.717) is 38.6 Å². The van der Waals surface area contributed by atoms with Gasteiger partial charge in [0.2, 0.25) is 35.4 Å². The van der Waals surface area contributed by atoms with E-state index in [1.807, 2.05) is 0 Å². The minimum absolute atomic E-state index is 0.00250. The van der Waals surface area contributed by atoms with Crippen molar-refractivity contribution in [3.8, 4) is 0 Å². The lowest BCUT2D eigenvalue weighted by Crippen LogP contribution is -2.59. The molecule has 0 heterocycles. The number of carboxylic acid groups (broad SMARTS) is 3. The second kappa shape index (κ2) is 37.5. The van der Waals surface area contributed by atoms with Crippen molar-refractivity contribution in [2.24, 2.45) is 66.6 Å². The zero-order valence-corrected chi connectivity index (χ0v) is 40.7. The predicted molar refractivity (Wildman–Crippen MR) is 259 cm³/mol. The number of carboxylic acids is 3. The number of alkyl halides is 3. The average molecular weight is 1060 g/mol. The first-order chi connectivity index (χ1) is 34.1. The Kier molecular flexibility index (Phi) is 34.8. The van der Waals surface area contributed by atoms with Gasteiger partial charge in [0, 0.05) is 26.1 Å². The van der Waals surface area contributed by atoms with Gasteiger partial charge < -0.3 is 98.8 Å². The smallest absolute Gasteiger partial charge is 0.481 e. The van der Waals surface area contributed by atoms with Gasteiger partial charge in [0.05, 0.1) is 6.04 Å². The van der Waals surface area contributed by atoms with Crippen LogP contribution in [0.15, 0.2) is 15.0 Å². The molecule has 0 spiro atoms. The lowest BCUT2D eigenvalue weighted by molar-refractivity contribution is -0.192. The summed E-state index contributed by atoms with van der Waals surface area (Å²) in [7, 11) is 0. The van der Waals surface area contributed by atoms with E-state index >= 15 is 0 Å². The van der Waals surface area contributed by atoms with Gasteiger partial charge in [-0.1, -0.05) is 0 Å². The second-order valence-electron chi connectivity index (χ2n) is 16.1. The van der Waals surface area contributed by atoms with Gasteiger partial charge in [-0.15, -0.1) is 0 Å². The quantitative estimate of drug-likeness (QED) is 0.0158. The van der Waals surface area contributed by atoms with Crippen molar-refractivity contribution in [3.63, 3.8) is 0 Å². The Hall–Kier alpha value is -7.29. The fourth-order valence-corrected chi connectivity index (χ4v) is 6.02. The molecule has 418 valence electrons. The van der Waals surface area contributed by atoms with Crippen LogP contribution in [-0.2, 0) is 43.2 Å². The summed E-state index contributed by atoms with van der Waals surface area (Å²) in [5.41, 5.74) is 49.8. The minimum atomic E-state index is -5.08. The van der Waals surface area contributed by atoms with Crippen LogP contribution < -0.4 is 83.5 Å². The molecule has 0 aromatic carbocycles. The Balaban J connectivity index is 0. The Morgan fingerprint density at radius 3 is 1.11 bits per heavy atom. The molecule has 27 N–H and O–H groups in total. The number of amides is 6. The summed E-state index contributed by atoms with van der Waals surface area (Å²) in [6.07, 6.45) is -3.41. The van der Waals surface area contributed by atoms with Crippen molar-refractivity contribution in [2.45, 2.75) is 145 Å². The number of unbranched alkanes of at least 4 members (excludes halogenated alkanes) is 2. The number of guanidine groups is 3. The van der Waals surface area contributed by atoms with Crippen molar-refractivity contribution < 1.29 is 71.6 Å². The van der Waals surface area contributed by atoms with Gasteiger partial charge in [0.15, 0.2) is 17.9 Å². The third-order valence-electron chi connectivity index (χ3n) is 9.88. The summed E-state index contributed by atoms with van der Waals surface area (Å²) < 4.78 is 31.7. The number of aliphatic imine (C=N–C) groups is 3. The van der Waals surface area contributed by atoms with Crippen LogP contribution in [0.1, 0.15) is 96.8 Å². The largest absolute Gasteiger partial charge is 0.490 e. The molecule has 30 nitrogen and oxygen atoms in total. The average Bonchev–Trinajstić information content (AvgIpc) is 3.29. The molecule has 0 aliphatic carbocycles. The maximum atomic E-state index is 13.8. The molecule has 7 unspecified atom stereocenters. The molecular formula is C40H75F3N18O12. The number of carbonyl (C=O) groups excluding carboxylic acids is 6. The fraction of sp³-hybridized carbons (Fsp3) is 0.700. The number of halogens is 3. The van der Waals surface area contributed by atoms with E-state index in [1.54, 1.807) is 0 Å². The van der Waals surface area contributed by atoms with Crippen molar-refractivity contribution in [2.75, 3.05) is 32.7 Å². The summed E-state index contributed by atoms with van der Waals surface area (Å²) in [4.78, 5) is 125. The lowest BCUT2D eigenvalue weighted by Gasteiger charge is -2.27. The molecule has 0 fully saturated rings. The summed E-state index contributed by atoms with van der Waals surface area (Å²) in [6, 6.07) is -9.05. The van der Waals surface area contributed by atoms with Crippen molar-refractivity contribution in [1.29, 1.82) is 0 Å². The van der Waals surface area contributed by atoms with Crippen LogP contribution in [0.5, 0.6) is 0 Å². The molecule has 0 rings (SSSR count). The summed E-state index contributed by atoms with van der Waals surface area (Å²) >= 11 is 0. The predicted octanol–water partition coefficient (Wildman–Crippen LogP) is -5.76. The van der Waals surface area contributed by atoms with Crippen LogP contribution in [-0.4, -0.2) is 168 Å². The zero-order chi connectivity index (χ0) is 56.3. The van der Waals surface area contributed by atoms with E-state index < -0.39 is 115 Å². The molecule has 0 radical (unpaired) electrons. The lowest BCUT2D eigenvalue weighted by atomic mass is 10.0. The third kappa shape index (κ3) is 33.8. The van der Waals surface area contributed by atoms with Crippen LogP contribution >= 0.6 is 0 Å². The molecule has 7 atom stereocenters. The normalized spacial score (nSPS) is 13.7. The third-order valence-corrected chi connectivity index (χ3v) is 9.88. The number of carbonyl (C=O) groups is 9. The highest BCUT2D eigenvalue weighted by Crippen LogP contribution is 2.13. The number of aliphatic carboxylic acids is 3. The second-order valence-corrected chi connectivity index (χ2v) is 16.1. The summed E-state index contributed by atoms with van der Waals surface area (Å²) in [6.45, 7) is 2.22. The SMILES string of the molecule is CC(NC(=O)C(CCCN=C(N)N)NC(=O)C(CCCCN)NC(=O)C(N)CCCN=C(N)N)C(=O)NC(CCCN=C(N)N)C(=O)NC(CCCCN)C(=O)NC(CCC(=O)O)C(=O)O.O=C(O)C(F)(F)F. The molecule has 73 heavy (non-hydrogen) atoms. The van der Waals surface area contributed by atoms with E-state index in [-0.39, 0.29) is 89.0 Å². The van der Waals surface area contributed by atoms with Gasteiger partial charge >= 0.3 is 24.1 Å². The van der Waals surface area contributed by atoms with Gasteiger partial charge in [-0.05, 0) is 103 Å². The molecule has 33 heteroatoms. The number of nitrogens with zero attached hydrogens (tertiary/aromatic N) is 3. The topological polar surface area (TPSA) is 558 Å². The molecule has 0 aliphatic heterocycles. The molecule has 0 aromatic rings. The summed E-state index contributed by atoms with van der Waals surface area (Å²) in [5.74, 6) is -10.9. The molecule has 0 bridgehead atoms. The minimum Gasteiger partial charge on any atom is -0.481 e. The van der Waals surface area contributed by atoms with Crippen molar-refractivity contribution in [3.05, 3.63) is 0 Å². The van der Waals surface area contributed by atoms with Gasteiger partial charge in [0.1, 0.15) is 36.3 Å². The number of nitrogens with two attached hydrogens (primary N) is 9. The Labute approximate surface area is 418 Å². The fourth-order valence-electron chi connectivity index (χ4n) is 6.02. The monoisotopic (exact) mass is 1060 g/mol. The summed E-state index contributed by atoms with van der Waals surface area (Å²) in [5, 5.41) is 40.9. The van der Waals surface area contributed by atoms with Crippen LogP contribution in [0.4, 0.5) is 13.2 Å². The highest BCUT2D eigenvalue weighted by Gasteiger charge is 2.38. The van der Waals surface area contributed by atoms with Gasteiger partial charge in [-0.3, -0.25) is 48.5 Å². The van der Waals surface area contributed by atoms with E-state index in [1.165, 1.54) is 6.92 Å². The molecule has 6 amide bonds. The zero-order valence-electron chi connectivity index (χ0n) is 40.7. The van der Waals surface area contributed by atoms with Crippen molar-refractivity contribution in [1.82, 2.24) is 31.9 Å². The number of hydrogen-bond acceptors (Lipinski definition) is 15. The maximum Gasteiger partial charge on any atom is 0.490 e. The maximum absolute atomic E-state index is 13.8. The molecule has 0 aliphatic rings. The van der Waals surface area contributed by atoms with E-state index in [9.17, 15) is 56.6 Å². The molecular weight excluding hydrogens is 982 g/mol. The van der Waals surface area contributed by atoms with E-state index in [0.717, 1.165) is 0 Å². The first-order valence-corrected chi connectivity index (χ1v) is 23.0. The number of hydrogen-bond donors (Lipinski definition) is 18. The van der Waals surface area contributed by atoms with E-state index in [4.69, 9.17) is 66.6 Å². The van der Waals surface area contributed by atoms with Crippen LogP contribution in [0.3, 0.4) is 0 Å². The van der Waals surface area contributed by atoms with Gasteiger partial charge in [0.25, 0.3) is 0 Å². The molecule has 0 aromatic heterocycles. The highest BCUT2D eigenvalue weighted by atomic mass is 19.4. The van der Waals surface area contributed by atoms with Crippen molar-refractivity contribution >= 4 is 71.2 Å². The van der Waals surface area contributed by atoms with Crippen LogP contribution in [0.2, 0.25) is 0 Å². The number of nitrogens with one attached hydrogen (secondary N) is 6. The number of rotatable bonds is 36. The first kappa shape index (κ1) is 67.8. The Morgan fingerprint density at radius 1 is 0.466 bits per heavy atom. The standard InChI is InChI=1S/C38H74N18O10.C2HF3O2/c1-21(29(59)52-26(13-8-20-50-38(46)47)33(63)54-24(11-3-5-17-40)34(64)56-27(35(65)66)14-15-28(57)58)51-31(61)25(12-7-19-49-37(44)45)55-32(62)23(10-2-4-16-39)53-30(60)22(41)9-6-18-48-36(42)43;3-2(4,5)1(6)7/h21-27H,2-20,39-41H2,1H3,(H,51,61)(H,52,59)(H,53,60)(H,54,63)(H,55,62)(H,56,64)(H,57,58)(H,65,66)(H4,42,43,48)(H4,44,45,49)(H4,46,47,50);(H,6,7). The van der Waals surface area contributed by atoms with E-state index in [2.05, 4.69) is 46.9 Å². The Bertz CT molecular complexity index is 1870.